The third-order valence-electron chi connectivity index (χ3n) is 3.15. The molecule has 1 aromatic heterocycles. The molecule has 0 atom stereocenters. The van der Waals surface area contributed by atoms with Gasteiger partial charge in [0, 0.05) is 24.0 Å². The Morgan fingerprint density at radius 1 is 1.40 bits per heavy atom. The maximum atomic E-state index is 11.9. The van der Waals surface area contributed by atoms with E-state index in [-0.39, 0.29) is 24.1 Å². The van der Waals surface area contributed by atoms with Gasteiger partial charge in [0.05, 0.1) is 5.69 Å². The molecule has 1 amide bonds. The van der Waals surface area contributed by atoms with Gasteiger partial charge in [-0.3, -0.25) is 4.79 Å². The van der Waals surface area contributed by atoms with E-state index in [1.807, 2.05) is 18.2 Å². The van der Waals surface area contributed by atoms with E-state index in [0.29, 0.717) is 5.69 Å². The smallest absolute Gasteiger partial charge is 0.294 e. The molecule has 0 aliphatic carbocycles. The van der Waals surface area contributed by atoms with Gasteiger partial charge in [0.15, 0.2) is 0 Å². The van der Waals surface area contributed by atoms with Crippen molar-refractivity contribution in [1.29, 1.82) is 0 Å². The molecule has 2 heterocycles. The molecule has 6 heteroatoms. The molecule has 0 spiro atoms. The molecule has 0 bridgehead atoms. The molecule has 0 radical (unpaired) electrons. The summed E-state index contributed by atoms with van der Waals surface area (Å²) in [5, 5.41) is 9.86. The van der Waals surface area contributed by atoms with Crippen LogP contribution in [-0.2, 0) is 6.42 Å². The van der Waals surface area contributed by atoms with Crippen LogP contribution in [0.1, 0.15) is 28.2 Å². The summed E-state index contributed by atoms with van der Waals surface area (Å²) in [5.74, 6) is -0.0438. The number of carbonyl (C=O) groups excluding carboxylic acids is 1. The molecule has 106 valence electrons. The van der Waals surface area contributed by atoms with Crippen molar-refractivity contribution in [3.8, 4) is 0 Å². The van der Waals surface area contributed by atoms with Crippen LogP contribution in [0.3, 0.4) is 0 Å². The Kier molecular flexibility index (Phi) is 4.29. The predicted molar refractivity (Wildman–Crippen MR) is 79.7 cm³/mol. The molecule has 1 aromatic carbocycles. The summed E-state index contributed by atoms with van der Waals surface area (Å²) in [4.78, 5) is 11.9. The molecule has 20 heavy (non-hydrogen) atoms. The van der Waals surface area contributed by atoms with E-state index in [2.05, 4.69) is 15.8 Å². The second-order valence-corrected chi connectivity index (χ2v) is 4.69. The highest BCUT2D eigenvalue weighted by molar-refractivity contribution is 6.02. The van der Waals surface area contributed by atoms with Crippen molar-refractivity contribution in [3.63, 3.8) is 0 Å². The Hall–Kier alpha value is -2.01. The fourth-order valence-corrected chi connectivity index (χ4v) is 2.22. The van der Waals surface area contributed by atoms with Crippen LogP contribution in [-0.4, -0.2) is 17.6 Å². The topological polar surface area (TPSA) is 67.2 Å². The van der Waals surface area contributed by atoms with E-state index < -0.39 is 0 Å². The first-order valence-electron chi connectivity index (χ1n) is 6.34. The van der Waals surface area contributed by atoms with E-state index in [1.165, 1.54) is 5.56 Å². The third kappa shape index (κ3) is 2.93. The van der Waals surface area contributed by atoms with Gasteiger partial charge >= 0.3 is 0 Å². The van der Waals surface area contributed by atoms with Gasteiger partial charge in [-0.1, -0.05) is 5.16 Å². The summed E-state index contributed by atoms with van der Waals surface area (Å²) in [5.41, 5.74) is 3.86. The van der Waals surface area contributed by atoms with Gasteiger partial charge in [-0.15, -0.1) is 12.4 Å². The number of nitrogens with zero attached hydrogens (tertiary/aromatic N) is 1. The van der Waals surface area contributed by atoms with Gasteiger partial charge in [0.1, 0.15) is 0 Å². The minimum atomic E-state index is -0.274. The average Bonchev–Trinajstić information content (AvgIpc) is 2.85. The van der Waals surface area contributed by atoms with Crippen LogP contribution in [0.5, 0.6) is 0 Å². The lowest BCUT2D eigenvalue weighted by molar-refractivity contribution is 0.0988. The number of aryl methyl sites for hydroxylation is 2. The zero-order valence-electron chi connectivity index (χ0n) is 11.1. The van der Waals surface area contributed by atoms with Crippen molar-refractivity contribution in [2.45, 2.75) is 19.8 Å². The summed E-state index contributed by atoms with van der Waals surface area (Å²) in [6.45, 7) is 2.79. The minimum absolute atomic E-state index is 0. The first-order chi connectivity index (χ1) is 9.22. The standard InChI is InChI=1S/C14H15N3O2.ClH/c1-9-7-13(19-17-9)14(18)16-11-4-5-12-10(8-11)3-2-6-15-12;/h4-5,7-8,15H,2-3,6H2,1H3,(H,16,18);1H. The largest absolute Gasteiger partial charge is 0.385 e. The highest BCUT2D eigenvalue weighted by atomic mass is 35.5. The molecular formula is C14H16ClN3O2. The molecule has 0 fully saturated rings. The molecule has 0 unspecified atom stereocenters. The summed E-state index contributed by atoms with van der Waals surface area (Å²) >= 11 is 0. The molecule has 2 N–H and O–H groups in total. The van der Waals surface area contributed by atoms with Gasteiger partial charge in [0.25, 0.3) is 5.91 Å². The average molecular weight is 294 g/mol. The van der Waals surface area contributed by atoms with E-state index in [9.17, 15) is 4.79 Å². The van der Waals surface area contributed by atoms with Gasteiger partial charge in [-0.25, -0.2) is 0 Å². The van der Waals surface area contributed by atoms with Crippen molar-refractivity contribution in [3.05, 3.63) is 41.3 Å². The highest BCUT2D eigenvalue weighted by Gasteiger charge is 2.13. The molecule has 2 aromatic rings. The van der Waals surface area contributed by atoms with Crippen molar-refractivity contribution in [1.82, 2.24) is 5.16 Å². The molecule has 0 saturated carbocycles. The van der Waals surface area contributed by atoms with E-state index in [1.54, 1.807) is 13.0 Å². The molecule has 3 rings (SSSR count). The Bertz CT molecular complexity index is 625. The van der Waals surface area contributed by atoms with E-state index in [0.717, 1.165) is 30.8 Å². The molecule has 5 nitrogen and oxygen atoms in total. The van der Waals surface area contributed by atoms with Gasteiger partial charge < -0.3 is 15.2 Å². The van der Waals surface area contributed by atoms with Crippen molar-refractivity contribution in [2.24, 2.45) is 0 Å². The van der Waals surface area contributed by atoms with Crippen molar-refractivity contribution >= 4 is 29.7 Å². The molecule has 1 aliphatic rings. The number of hydrogen-bond donors (Lipinski definition) is 2. The number of carbonyl (C=O) groups is 1. The number of hydrogen-bond acceptors (Lipinski definition) is 4. The van der Waals surface area contributed by atoms with Crippen LogP contribution in [0.4, 0.5) is 11.4 Å². The van der Waals surface area contributed by atoms with Crippen LogP contribution in [0, 0.1) is 6.92 Å². The van der Waals surface area contributed by atoms with Gasteiger partial charge in [-0.2, -0.15) is 0 Å². The van der Waals surface area contributed by atoms with Crippen LogP contribution in [0.15, 0.2) is 28.8 Å². The fourth-order valence-electron chi connectivity index (χ4n) is 2.22. The number of amides is 1. The second kappa shape index (κ2) is 5.96. The summed E-state index contributed by atoms with van der Waals surface area (Å²) < 4.78 is 4.94. The Morgan fingerprint density at radius 2 is 2.25 bits per heavy atom. The number of aromatic nitrogens is 1. The molecule has 0 saturated heterocycles. The lowest BCUT2D eigenvalue weighted by Gasteiger charge is -2.18. The zero-order valence-corrected chi connectivity index (χ0v) is 11.9. The Morgan fingerprint density at radius 3 is 3.00 bits per heavy atom. The minimum Gasteiger partial charge on any atom is -0.385 e. The highest BCUT2D eigenvalue weighted by Crippen LogP contribution is 2.25. The summed E-state index contributed by atoms with van der Waals surface area (Å²) in [6, 6.07) is 7.51. The van der Waals surface area contributed by atoms with Gasteiger partial charge in [0.2, 0.25) is 5.76 Å². The molecular weight excluding hydrogens is 278 g/mol. The first-order valence-corrected chi connectivity index (χ1v) is 6.34. The summed E-state index contributed by atoms with van der Waals surface area (Å²) in [7, 11) is 0. The lowest BCUT2D eigenvalue weighted by Crippen LogP contribution is -2.14. The SMILES string of the molecule is Cc1cc(C(=O)Nc2ccc3c(c2)CCCN3)on1.Cl. The van der Waals surface area contributed by atoms with E-state index >= 15 is 0 Å². The second-order valence-electron chi connectivity index (χ2n) is 4.69. The first kappa shape index (κ1) is 14.4. The number of benzene rings is 1. The van der Waals surface area contributed by atoms with Crippen LogP contribution in [0.2, 0.25) is 0 Å². The maximum Gasteiger partial charge on any atom is 0.294 e. The summed E-state index contributed by atoms with van der Waals surface area (Å²) in [6.07, 6.45) is 2.15. The number of anilines is 2. The number of fused-ring (bicyclic) bond motifs is 1. The van der Waals surface area contributed by atoms with Crippen molar-refractivity contribution < 1.29 is 9.32 Å². The number of nitrogens with one attached hydrogen (secondary N) is 2. The van der Waals surface area contributed by atoms with Crippen LogP contribution in [0.25, 0.3) is 0 Å². The normalized spacial score (nSPS) is 12.8. The van der Waals surface area contributed by atoms with Crippen LogP contribution < -0.4 is 10.6 Å². The van der Waals surface area contributed by atoms with Gasteiger partial charge in [-0.05, 0) is 43.5 Å². The Balaban J connectivity index is 0.00000147. The quantitative estimate of drug-likeness (QED) is 0.893. The monoisotopic (exact) mass is 293 g/mol. The van der Waals surface area contributed by atoms with Crippen LogP contribution >= 0.6 is 12.4 Å². The maximum absolute atomic E-state index is 11.9. The van der Waals surface area contributed by atoms with Crippen molar-refractivity contribution in [2.75, 3.05) is 17.2 Å². The van der Waals surface area contributed by atoms with E-state index in [4.69, 9.17) is 4.52 Å². The third-order valence-corrected chi connectivity index (χ3v) is 3.15. The molecule has 1 aliphatic heterocycles. The Labute approximate surface area is 123 Å². The zero-order chi connectivity index (χ0) is 13.2. The lowest BCUT2D eigenvalue weighted by atomic mass is 10.0. The fraction of sp³-hybridized carbons (Fsp3) is 0.286. The number of halogens is 1. The predicted octanol–water partition coefficient (Wildman–Crippen LogP) is 3.02. The number of rotatable bonds is 2.